The van der Waals surface area contributed by atoms with Crippen molar-refractivity contribution in [3.8, 4) is 5.75 Å². The maximum atomic E-state index is 10.5. The third kappa shape index (κ3) is 3.02. The highest BCUT2D eigenvalue weighted by molar-refractivity contribution is 6.55. The summed E-state index contributed by atoms with van der Waals surface area (Å²) >= 11 is 29.7. The van der Waals surface area contributed by atoms with Crippen molar-refractivity contribution in [2.75, 3.05) is 0 Å². The van der Waals surface area contributed by atoms with Gasteiger partial charge in [0, 0.05) is 0 Å². The summed E-state index contributed by atoms with van der Waals surface area (Å²) in [6, 6.07) is 3.10. The Morgan fingerprint density at radius 1 is 0.950 bits per heavy atom. The van der Waals surface area contributed by atoms with Crippen LogP contribution in [0.5, 0.6) is 5.75 Å². The van der Waals surface area contributed by atoms with Crippen molar-refractivity contribution in [2.24, 2.45) is 0 Å². The maximum Gasteiger partial charge on any atom is 0.185 e. The molecule has 0 aliphatic rings. The molecular weight excluding hydrogens is 369 g/mol. The number of furan rings is 1. The van der Waals surface area contributed by atoms with Crippen LogP contribution >= 0.6 is 58.0 Å². The smallest absolute Gasteiger partial charge is 0.185 e. The predicted octanol–water partition coefficient (Wildman–Crippen LogP) is 5.94. The SMILES string of the molecule is O=Cc1ccc(COc2c(Cl)c(Cl)c(Cl)c(Cl)c2Cl)o1. The zero-order chi connectivity index (χ0) is 14.9. The molecule has 2 rings (SSSR count). The zero-order valence-corrected chi connectivity index (χ0v) is 13.3. The van der Waals surface area contributed by atoms with E-state index in [9.17, 15) is 4.79 Å². The first kappa shape index (κ1) is 15.8. The molecule has 8 heteroatoms. The van der Waals surface area contributed by atoms with Gasteiger partial charge in [0.15, 0.2) is 17.8 Å². The van der Waals surface area contributed by atoms with Gasteiger partial charge in [0.2, 0.25) is 0 Å². The van der Waals surface area contributed by atoms with Crippen molar-refractivity contribution in [2.45, 2.75) is 6.61 Å². The fourth-order valence-electron chi connectivity index (χ4n) is 1.39. The summed E-state index contributed by atoms with van der Waals surface area (Å²) in [6.45, 7) is 0.00156. The molecule has 0 unspecified atom stereocenters. The van der Waals surface area contributed by atoms with Gasteiger partial charge in [0.1, 0.15) is 22.4 Å². The molecule has 0 aliphatic heterocycles. The first-order valence-electron chi connectivity index (χ1n) is 5.13. The van der Waals surface area contributed by atoms with Crippen LogP contribution in [-0.2, 0) is 6.61 Å². The number of hydrogen-bond donors (Lipinski definition) is 0. The van der Waals surface area contributed by atoms with Crippen molar-refractivity contribution in [3.63, 3.8) is 0 Å². The minimum absolute atomic E-state index is 0.00156. The molecule has 0 aliphatic carbocycles. The third-order valence-electron chi connectivity index (χ3n) is 2.33. The zero-order valence-electron chi connectivity index (χ0n) is 9.55. The van der Waals surface area contributed by atoms with Crippen molar-refractivity contribution in [3.05, 3.63) is 48.8 Å². The van der Waals surface area contributed by atoms with E-state index in [1.165, 1.54) is 6.07 Å². The molecule has 0 radical (unpaired) electrons. The van der Waals surface area contributed by atoms with Gasteiger partial charge in [-0.1, -0.05) is 58.0 Å². The van der Waals surface area contributed by atoms with Gasteiger partial charge in [0.05, 0.1) is 15.1 Å². The van der Waals surface area contributed by atoms with Crippen molar-refractivity contribution in [1.82, 2.24) is 0 Å². The number of benzene rings is 1. The van der Waals surface area contributed by atoms with Gasteiger partial charge in [0.25, 0.3) is 0 Å². The molecule has 0 saturated carbocycles. The highest BCUT2D eigenvalue weighted by atomic mass is 35.5. The Labute approximate surface area is 139 Å². The van der Waals surface area contributed by atoms with Crippen molar-refractivity contribution >= 4 is 64.3 Å². The lowest BCUT2D eigenvalue weighted by atomic mass is 10.3. The molecule has 1 aromatic heterocycles. The Morgan fingerprint density at radius 2 is 1.50 bits per heavy atom. The van der Waals surface area contributed by atoms with Crippen molar-refractivity contribution < 1.29 is 13.9 Å². The summed E-state index contributed by atoms with van der Waals surface area (Å²) in [4.78, 5) is 10.5. The molecular formula is C12H5Cl5O3. The molecule has 0 spiro atoms. The Morgan fingerprint density at radius 3 is 2.00 bits per heavy atom. The fourth-order valence-corrected chi connectivity index (χ4v) is 2.62. The van der Waals surface area contributed by atoms with E-state index in [-0.39, 0.29) is 43.2 Å². The standard InChI is InChI=1S/C12H5Cl5O3/c13-7-8(14)10(16)12(11(17)9(7)15)19-4-6-2-1-5(3-18)20-6/h1-3H,4H2. The van der Waals surface area contributed by atoms with Gasteiger partial charge in [-0.05, 0) is 12.1 Å². The summed E-state index contributed by atoms with van der Waals surface area (Å²) in [5, 5.41) is 0.245. The summed E-state index contributed by atoms with van der Waals surface area (Å²) in [6.07, 6.45) is 0.583. The number of aldehydes is 1. The summed E-state index contributed by atoms with van der Waals surface area (Å²) in [5.74, 6) is 0.700. The molecule has 106 valence electrons. The number of carbonyl (C=O) groups excluding carboxylic acids is 1. The van der Waals surface area contributed by atoms with Gasteiger partial charge in [-0.25, -0.2) is 0 Å². The quantitative estimate of drug-likeness (QED) is 0.378. The molecule has 20 heavy (non-hydrogen) atoms. The molecule has 2 aromatic rings. The van der Waals surface area contributed by atoms with Crippen LogP contribution in [0.25, 0.3) is 0 Å². The van der Waals surface area contributed by atoms with E-state index >= 15 is 0 Å². The van der Waals surface area contributed by atoms with Crippen LogP contribution in [0, 0.1) is 0 Å². The Balaban J connectivity index is 2.27. The molecule has 0 atom stereocenters. The number of ether oxygens (including phenoxy) is 1. The molecule has 0 bridgehead atoms. The molecule has 1 heterocycles. The highest BCUT2D eigenvalue weighted by Crippen LogP contribution is 2.48. The second-order valence-electron chi connectivity index (χ2n) is 3.61. The normalized spacial score (nSPS) is 10.7. The maximum absolute atomic E-state index is 10.5. The number of hydrogen-bond acceptors (Lipinski definition) is 3. The largest absolute Gasteiger partial charge is 0.482 e. The second kappa shape index (κ2) is 6.46. The van der Waals surface area contributed by atoms with E-state index in [0.29, 0.717) is 12.0 Å². The van der Waals surface area contributed by atoms with Gasteiger partial charge in [-0.3, -0.25) is 4.79 Å². The van der Waals surface area contributed by atoms with Crippen LogP contribution in [0.3, 0.4) is 0 Å². The lowest BCUT2D eigenvalue weighted by molar-refractivity contribution is 0.109. The van der Waals surface area contributed by atoms with Crippen LogP contribution in [0.1, 0.15) is 16.3 Å². The van der Waals surface area contributed by atoms with E-state index < -0.39 is 0 Å². The molecule has 0 saturated heterocycles. The molecule has 0 N–H and O–H groups in total. The van der Waals surface area contributed by atoms with E-state index in [4.69, 9.17) is 67.2 Å². The summed E-state index contributed by atoms with van der Waals surface area (Å²) in [5.41, 5.74) is 0. The molecule has 0 amide bonds. The summed E-state index contributed by atoms with van der Waals surface area (Å²) < 4.78 is 10.6. The Hall–Kier alpha value is -0.580. The first-order valence-corrected chi connectivity index (χ1v) is 7.02. The van der Waals surface area contributed by atoms with Crippen LogP contribution in [0.15, 0.2) is 16.5 Å². The van der Waals surface area contributed by atoms with Gasteiger partial charge >= 0.3 is 0 Å². The van der Waals surface area contributed by atoms with Gasteiger partial charge in [-0.15, -0.1) is 0 Å². The fraction of sp³-hybridized carbons (Fsp3) is 0.0833. The minimum Gasteiger partial charge on any atom is -0.482 e. The highest BCUT2D eigenvalue weighted by Gasteiger charge is 2.20. The second-order valence-corrected chi connectivity index (χ2v) is 5.50. The summed E-state index contributed by atoms with van der Waals surface area (Å²) in [7, 11) is 0. The number of rotatable bonds is 4. The van der Waals surface area contributed by atoms with Gasteiger partial charge in [-0.2, -0.15) is 0 Å². The minimum atomic E-state index is 0.00156. The van der Waals surface area contributed by atoms with Crippen molar-refractivity contribution in [1.29, 1.82) is 0 Å². The lowest BCUT2D eigenvalue weighted by Crippen LogP contribution is -1.96. The lowest BCUT2D eigenvalue weighted by Gasteiger charge is -2.12. The van der Waals surface area contributed by atoms with Crippen LogP contribution in [-0.4, -0.2) is 6.29 Å². The molecule has 1 aromatic carbocycles. The average Bonchev–Trinajstić information content (AvgIpc) is 2.91. The van der Waals surface area contributed by atoms with E-state index in [2.05, 4.69) is 0 Å². The Kier molecular flexibility index (Phi) is 5.10. The first-order chi connectivity index (χ1) is 9.45. The van der Waals surface area contributed by atoms with E-state index in [0.717, 1.165) is 0 Å². The van der Waals surface area contributed by atoms with Crippen LogP contribution in [0.2, 0.25) is 25.1 Å². The van der Waals surface area contributed by atoms with E-state index in [1.54, 1.807) is 6.07 Å². The van der Waals surface area contributed by atoms with Crippen LogP contribution < -0.4 is 4.74 Å². The Bertz CT molecular complexity index is 636. The monoisotopic (exact) mass is 372 g/mol. The topological polar surface area (TPSA) is 39.4 Å². The van der Waals surface area contributed by atoms with Gasteiger partial charge < -0.3 is 9.15 Å². The van der Waals surface area contributed by atoms with Crippen LogP contribution in [0.4, 0.5) is 0 Å². The average molecular weight is 374 g/mol. The predicted molar refractivity (Wildman–Crippen MR) is 79.9 cm³/mol. The third-order valence-corrected chi connectivity index (χ3v) is 4.57. The molecule has 3 nitrogen and oxygen atoms in total. The van der Waals surface area contributed by atoms with E-state index in [1.807, 2.05) is 0 Å². The number of halogens is 5. The number of carbonyl (C=O) groups is 1. The molecule has 0 fully saturated rings.